The Morgan fingerprint density at radius 3 is 2.54 bits per heavy atom. The molecule has 0 saturated heterocycles. The van der Waals surface area contributed by atoms with Gasteiger partial charge in [-0.1, -0.05) is 63.4 Å². The van der Waals surface area contributed by atoms with Crippen molar-refractivity contribution in [3.63, 3.8) is 0 Å². The Labute approximate surface area is 160 Å². The summed E-state index contributed by atoms with van der Waals surface area (Å²) in [7, 11) is 0. The highest BCUT2D eigenvalue weighted by molar-refractivity contribution is 7.14. The molecule has 2 aromatic rings. The van der Waals surface area contributed by atoms with Crippen LogP contribution in [0.1, 0.15) is 63.8 Å². The first kappa shape index (κ1) is 20.3. The molecule has 0 aliphatic carbocycles. The van der Waals surface area contributed by atoms with Crippen LogP contribution in [0.3, 0.4) is 0 Å². The number of nitrogens with zero attached hydrogens (tertiary/aromatic N) is 2. The molecule has 0 saturated carbocycles. The normalized spacial score (nSPS) is 11.2. The largest absolute Gasteiger partial charge is 0.423 e. The van der Waals surface area contributed by atoms with Crippen LogP contribution in [0.5, 0.6) is 5.75 Å². The summed E-state index contributed by atoms with van der Waals surface area (Å²) >= 11 is 1.64. The van der Waals surface area contributed by atoms with E-state index in [0.29, 0.717) is 5.75 Å². The molecule has 5 heteroatoms. The zero-order chi connectivity index (χ0) is 18.6. The molecule has 2 rings (SSSR count). The van der Waals surface area contributed by atoms with Crippen LogP contribution < -0.4 is 4.74 Å². The van der Waals surface area contributed by atoms with Crippen LogP contribution >= 0.6 is 11.3 Å². The summed E-state index contributed by atoms with van der Waals surface area (Å²) in [4.78, 5) is 11.7. The number of unbranched alkanes of at least 4 members (excludes halogenated alkanes) is 5. The molecule has 0 spiro atoms. The summed E-state index contributed by atoms with van der Waals surface area (Å²) in [5.41, 5.74) is 1.00. The smallest absolute Gasteiger partial charge is 0.335 e. The molecule has 0 amide bonds. The Morgan fingerprint density at radius 2 is 1.81 bits per heavy atom. The van der Waals surface area contributed by atoms with Crippen LogP contribution in [0.25, 0.3) is 10.6 Å². The number of ether oxygens (including phenoxy) is 1. The molecular weight excluding hydrogens is 344 g/mol. The van der Waals surface area contributed by atoms with Gasteiger partial charge in [-0.2, -0.15) is 0 Å². The van der Waals surface area contributed by atoms with Crippen LogP contribution in [0, 0.1) is 0 Å². The van der Waals surface area contributed by atoms with Crippen molar-refractivity contribution in [2.45, 2.75) is 65.2 Å². The van der Waals surface area contributed by atoms with E-state index in [1.165, 1.54) is 38.2 Å². The molecule has 0 aliphatic heterocycles. The fourth-order valence-electron chi connectivity index (χ4n) is 2.51. The third-order valence-electron chi connectivity index (χ3n) is 3.99. The lowest BCUT2D eigenvalue weighted by molar-refractivity contribution is -0.129. The minimum absolute atomic E-state index is 0.340. The molecule has 1 aromatic carbocycles. The number of hydrogen-bond acceptors (Lipinski definition) is 5. The Bertz CT molecular complexity index is 692. The van der Waals surface area contributed by atoms with Crippen LogP contribution in [0.15, 0.2) is 36.4 Å². The number of aromatic nitrogens is 2. The number of benzene rings is 1. The predicted molar refractivity (Wildman–Crippen MR) is 107 cm³/mol. The molecule has 0 fully saturated rings. The van der Waals surface area contributed by atoms with Gasteiger partial charge in [-0.05, 0) is 37.1 Å². The maximum Gasteiger partial charge on any atom is 0.335 e. The highest BCUT2D eigenvalue weighted by Gasteiger charge is 2.08. The van der Waals surface area contributed by atoms with Crippen molar-refractivity contribution >= 4 is 17.3 Å². The van der Waals surface area contributed by atoms with Gasteiger partial charge in [0, 0.05) is 18.1 Å². The number of hydrogen-bond donors (Lipinski definition) is 0. The Morgan fingerprint density at radius 1 is 1.04 bits per heavy atom. The molecule has 0 radical (unpaired) electrons. The number of carbonyl (C=O) groups excluding carboxylic acids is 1. The van der Waals surface area contributed by atoms with Gasteiger partial charge in [-0.3, -0.25) is 0 Å². The third kappa shape index (κ3) is 7.08. The molecule has 0 N–H and O–H groups in total. The maximum absolute atomic E-state index is 11.7. The Kier molecular flexibility index (Phi) is 9.04. The molecule has 0 bridgehead atoms. The summed E-state index contributed by atoms with van der Waals surface area (Å²) in [5, 5.41) is 10.6. The first-order chi connectivity index (χ1) is 12.7. The van der Waals surface area contributed by atoms with Crippen molar-refractivity contribution in [1.82, 2.24) is 10.2 Å². The number of esters is 1. The summed E-state index contributed by atoms with van der Waals surface area (Å²) < 4.78 is 5.28. The zero-order valence-electron chi connectivity index (χ0n) is 15.7. The highest BCUT2D eigenvalue weighted by Crippen LogP contribution is 2.26. The SMILES string of the molecule is CCCC=CC(=O)Oc1ccc(-c2nnc(CCCCCCC)s2)cc1. The van der Waals surface area contributed by atoms with Crippen molar-refractivity contribution in [3.8, 4) is 16.3 Å². The summed E-state index contributed by atoms with van der Waals surface area (Å²) in [6.07, 6.45) is 12.5. The van der Waals surface area contributed by atoms with Gasteiger partial charge in [-0.15, -0.1) is 10.2 Å². The van der Waals surface area contributed by atoms with Crippen molar-refractivity contribution < 1.29 is 9.53 Å². The van der Waals surface area contributed by atoms with Crippen LogP contribution in [0.2, 0.25) is 0 Å². The Balaban J connectivity index is 1.85. The molecule has 140 valence electrons. The van der Waals surface area contributed by atoms with E-state index in [0.717, 1.165) is 34.8 Å². The van der Waals surface area contributed by atoms with E-state index < -0.39 is 0 Å². The molecular formula is C21H28N2O2S. The monoisotopic (exact) mass is 372 g/mol. The summed E-state index contributed by atoms with van der Waals surface area (Å²) in [6.45, 7) is 4.30. The molecule has 4 nitrogen and oxygen atoms in total. The first-order valence-electron chi connectivity index (χ1n) is 9.54. The number of allylic oxidation sites excluding steroid dienone is 1. The van der Waals surface area contributed by atoms with Gasteiger partial charge in [-0.25, -0.2) is 4.79 Å². The Hall–Kier alpha value is -2.01. The molecule has 0 unspecified atom stereocenters. The van der Waals surface area contributed by atoms with Gasteiger partial charge in [0.15, 0.2) is 0 Å². The number of carbonyl (C=O) groups is 1. The van der Waals surface area contributed by atoms with Crippen molar-refractivity contribution in [2.75, 3.05) is 0 Å². The van der Waals surface area contributed by atoms with Gasteiger partial charge in [0.2, 0.25) is 0 Å². The van der Waals surface area contributed by atoms with E-state index in [9.17, 15) is 4.79 Å². The number of rotatable bonds is 11. The summed E-state index contributed by atoms with van der Waals surface area (Å²) in [5.74, 6) is 0.202. The highest BCUT2D eigenvalue weighted by atomic mass is 32.1. The minimum atomic E-state index is -0.340. The molecule has 0 aliphatic rings. The second-order valence-electron chi connectivity index (χ2n) is 6.30. The summed E-state index contributed by atoms with van der Waals surface area (Å²) in [6, 6.07) is 7.44. The first-order valence-corrected chi connectivity index (χ1v) is 10.4. The molecule has 1 heterocycles. The second kappa shape index (κ2) is 11.6. The third-order valence-corrected chi connectivity index (χ3v) is 5.02. The van der Waals surface area contributed by atoms with Gasteiger partial charge in [0.1, 0.15) is 15.8 Å². The lowest BCUT2D eigenvalue weighted by atomic mass is 10.1. The maximum atomic E-state index is 11.7. The zero-order valence-corrected chi connectivity index (χ0v) is 16.6. The molecule has 1 aromatic heterocycles. The quantitative estimate of drug-likeness (QED) is 0.211. The van der Waals surface area contributed by atoms with Crippen LogP contribution in [-0.4, -0.2) is 16.2 Å². The van der Waals surface area contributed by atoms with Crippen molar-refractivity contribution in [3.05, 3.63) is 41.4 Å². The van der Waals surface area contributed by atoms with Crippen LogP contribution in [-0.2, 0) is 11.2 Å². The van der Waals surface area contributed by atoms with Crippen molar-refractivity contribution in [2.24, 2.45) is 0 Å². The molecule has 0 atom stereocenters. The lowest BCUT2D eigenvalue weighted by Gasteiger charge is -2.02. The van der Waals surface area contributed by atoms with Gasteiger partial charge in [0.05, 0.1) is 0 Å². The lowest BCUT2D eigenvalue weighted by Crippen LogP contribution is -2.03. The van der Waals surface area contributed by atoms with E-state index in [2.05, 4.69) is 24.0 Å². The van der Waals surface area contributed by atoms with Crippen LogP contribution in [0.4, 0.5) is 0 Å². The van der Waals surface area contributed by atoms with Crippen molar-refractivity contribution in [1.29, 1.82) is 0 Å². The fraction of sp³-hybridized carbons (Fsp3) is 0.476. The van der Waals surface area contributed by atoms with E-state index >= 15 is 0 Å². The van der Waals surface area contributed by atoms with Gasteiger partial charge >= 0.3 is 5.97 Å². The number of aryl methyl sites for hydroxylation is 1. The predicted octanol–water partition coefficient (Wildman–Crippen LogP) is 5.98. The van der Waals surface area contributed by atoms with Gasteiger partial charge < -0.3 is 4.74 Å². The van der Waals surface area contributed by atoms with E-state index in [1.807, 2.05) is 18.2 Å². The van der Waals surface area contributed by atoms with E-state index in [4.69, 9.17) is 4.74 Å². The topological polar surface area (TPSA) is 52.1 Å². The second-order valence-corrected chi connectivity index (χ2v) is 7.36. The van der Waals surface area contributed by atoms with Gasteiger partial charge in [0.25, 0.3) is 0 Å². The van der Waals surface area contributed by atoms with E-state index in [1.54, 1.807) is 23.5 Å². The molecule has 26 heavy (non-hydrogen) atoms. The average Bonchev–Trinajstić information content (AvgIpc) is 3.11. The average molecular weight is 373 g/mol. The minimum Gasteiger partial charge on any atom is -0.423 e. The van der Waals surface area contributed by atoms with E-state index in [-0.39, 0.29) is 5.97 Å². The standard InChI is InChI=1S/C21H28N2O2S/c1-3-5-7-8-10-11-19-22-23-21(26-19)17-13-15-18(16-14-17)25-20(24)12-9-6-4-2/h9,12-16H,3-8,10-11H2,1-2H3. The fourth-order valence-corrected chi connectivity index (χ4v) is 3.40.